The second-order valence-corrected chi connectivity index (χ2v) is 5.81. The van der Waals surface area contributed by atoms with Gasteiger partial charge in [-0.25, -0.2) is 0 Å². The number of halogens is 3. The lowest BCUT2D eigenvalue weighted by Crippen LogP contribution is -2.19. The molecule has 0 heterocycles. The predicted molar refractivity (Wildman–Crippen MR) is 77.4 cm³/mol. The molecule has 1 aromatic rings. The normalized spacial score (nSPS) is 17.5. The molecule has 1 aliphatic rings. The highest BCUT2D eigenvalue weighted by atomic mass is 19.4. The summed E-state index contributed by atoms with van der Waals surface area (Å²) in [4.78, 5) is 12.2. The van der Waals surface area contributed by atoms with Crippen molar-refractivity contribution in [3.8, 4) is 0 Å². The van der Waals surface area contributed by atoms with Crippen LogP contribution in [0.1, 0.15) is 56.1 Å². The third-order valence-electron chi connectivity index (χ3n) is 4.26. The Kier molecular flexibility index (Phi) is 5.48. The van der Waals surface area contributed by atoms with Crippen LogP contribution in [0.15, 0.2) is 24.3 Å². The average molecular weight is 314 g/mol. The van der Waals surface area contributed by atoms with Crippen molar-refractivity contribution >= 4 is 5.97 Å². The van der Waals surface area contributed by atoms with Crippen molar-refractivity contribution in [2.24, 2.45) is 5.92 Å². The van der Waals surface area contributed by atoms with E-state index in [1.165, 1.54) is 12.1 Å². The number of alkyl halides is 3. The lowest BCUT2D eigenvalue weighted by molar-refractivity contribution is -0.145. The molecule has 2 rings (SSSR count). The van der Waals surface area contributed by atoms with Crippen LogP contribution in [0.2, 0.25) is 0 Å². The highest BCUT2D eigenvalue weighted by Crippen LogP contribution is 2.36. The molecular formula is C17H21F3O2. The number of carbonyl (C=O) groups is 1. The minimum atomic E-state index is -4.36. The maximum absolute atomic E-state index is 12.6. The summed E-state index contributed by atoms with van der Waals surface area (Å²) in [6.07, 6.45) is 0.779. The SMILES string of the molecule is CCOC(=O)C(CC1CCCC1)c1ccc(C(F)(F)F)cc1. The fraction of sp³-hybridized carbons (Fsp3) is 0.588. The van der Waals surface area contributed by atoms with Gasteiger partial charge in [0.25, 0.3) is 0 Å². The molecule has 0 bridgehead atoms. The lowest BCUT2D eigenvalue weighted by Gasteiger charge is -2.20. The topological polar surface area (TPSA) is 26.3 Å². The summed E-state index contributed by atoms with van der Waals surface area (Å²) in [7, 11) is 0. The van der Waals surface area contributed by atoms with Crippen LogP contribution in [0.25, 0.3) is 0 Å². The molecule has 2 nitrogen and oxygen atoms in total. The fourth-order valence-corrected chi connectivity index (χ4v) is 3.10. The van der Waals surface area contributed by atoms with Gasteiger partial charge >= 0.3 is 12.1 Å². The van der Waals surface area contributed by atoms with Crippen molar-refractivity contribution < 1.29 is 22.7 Å². The summed E-state index contributed by atoms with van der Waals surface area (Å²) in [5, 5.41) is 0. The van der Waals surface area contributed by atoms with E-state index >= 15 is 0 Å². The number of benzene rings is 1. The molecule has 0 amide bonds. The van der Waals surface area contributed by atoms with Gasteiger partial charge in [0, 0.05) is 0 Å². The first-order valence-corrected chi connectivity index (χ1v) is 7.75. The summed E-state index contributed by atoms with van der Waals surface area (Å²) in [5.41, 5.74) is -0.0851. The Morgan fingerprint density at radius 1 is 1.23 bits per heavy atom. The van der Waals surface area contributed by atoms with Crippen molar-refractivity contribution in [1.29, 1.82) is 0 Å². The van der Waals surface area contributed by atoms with Crippen LogP contribution in [0.5, 0.6) is 0 Å². The zero-order valence-corrected chi connectivity index (χ0v) is 12.7. The van der Waals surface area contributed by atoms with Gasteiger partial charge in [-0.2, -0.15) is 13.2 Å². The van der Waals surface area contributed by atoms with Gasteiger partial charge in [-0.3, -0.25) is 4.79 Å². The van der Waals surface area contributed by atoms with Crippen LogP contribution in [-0.2, 0) is 15.7 Å². The Bertz CT molecular complexity index is 488. The van der Waals surface area contributed by atoms with Crippen LogP contribution in [-0.4, -0.2) is 12.6 Å². The van der Waals surface area contributed by atoms with Crippen LogP contribution in [0.4, 0.5) is 13.2 Å². The van der Waals surface area contributed by atoms with E-state index in [1.54, 1.807) is 6.92 Å². The largest absolute Gasteiger partial charge is 0.466 e. The lowest BCUT2D eigenvalue weighted by atomic mass is 9.87. The molecule has 0 aliphatic heterocycles. The summed E-state index contributed by atoms with van der Waals surface area (Å²) in [6.45, 7) is 2.01. The van der Waals surface area contributed by atoms with E-state index in [0.29, 0.717) is 17.9 Å². The Hall–Kier alpha value is -1.52. The van der Waals surface area contributed by atoms with E-state index in [0.717, 1.165) is 37.8 Å². The maximum atomic E-state index is 12.6. The number of rotatable bonds is 5. The monoisotopic (exact) mass is 314 g/mol. The van der Waals surface area contributed by atoms with Crippen molar-refractivity contribution in [2.45, 2.75) is 51.1 Å². The third kappa shape index (κ3) is 4.24. The first-order chi connectivity index (χ1) is 10.4. The Morgan fingerprint density at radius 2 is 1.82 bits per heavy atom. The van der Waals surface area contributed by atoms with Crippen molar-refractivity contribution in [2.75, 3.05) is 6.61 Å². The quantitative estimate of drug-likeness (QED) is 0.720. The highest BCUT2D eigenvalue weighted by molar-refractivity contribution is 5.78. The average Bonchev–Trinajstić information content (AvgIpc) is 2.97. The summed E-state index contributed by atoms with van der Waals surface area (Å²) in [5.74, 6) is -0.351. The Labute approximate surface area is 128 Å². The second kappa shape index (κ2) is 7.16. The predicted octanol–water partition coefficient (Wildman–Crippen LogP) is 4.93. The van der Waals surface area contributed by atoms with Gasteiger partial charge in [-0.05, 0) is 37.0 Å². The Balaban J connectivity index is 2.17. The van der Waals surface area contributed by atoms with Gasteiger partial charge in [-0.1, -0.05) is 37.8 Å². The molecular weight excluding hydrogens is 293 g/mol. The molecule has 0 spiro atoms. The van der Waals surface area contributed by atoms with Gasteiger partial charge in [0.05, 0.1) is 18.1 Å². The van der Waals surface area contributed by atoms with E-state index in [1.807, 2.05) is 0 Å². The van der Waals surface area contributed by atoms with Crippen molar-refractivity contribution in [3.63, 3.8) is 0 Å². The van der Waals surface area contributed by atoms with Crippen LogP contribution >= 0.6 is 0 Å². The van der Waals surface area contributed by atoms with Crippen molar-refractivity contribution in [1.82, 2.24) is 0 Å². The van der Waals surface area contributed by atoms with E-state index in [-0.39, 0.29) is 12.6 Å². The molecule has 0 radical (unpaired) electrons. The standard InChI is InChI=1S/C17H21F3O2/c1-2-22-16(21)15(11-12-5-3-4-6-12)13-7-9-14(10-8-13)17(18,19)20/h7-10,12,15H,2-6,11H2,1H3. The fourth-order valence-electron chi connectivity index (χ4n) is 3.10. The van der Waals surface area contributed by atoms with Gasteiger partial charge in [0.2, 0.25) is 0 Å². The Morgan fingerprint density at radius 3 is 2.32 bits per heavy atom. The van der Waals surface area contributed by atoms with Crippen LogP contribution in [0, 0.1) is 5.92 Å². The van der Waals surface area contributed by atoms with E-state index in [4.69, 9.17) is 4.74 Å². The van der Waals surface area contributed by atoms with Crippen LogP contribution in [0.3, 0.4) is 0 Å². The van der Waals surface area contributed by atoms with Gasteiger partial charge in [-0.15, -0.1) is 0 Å². The summed E-state index contributed by atoms with van der Waals surface area (Å²) < 4.78 is 43.0. The van der Waals surface area contributed by atoms with E-state index < -0.39 is 17.7 Å². The number of carbonyl (C=O) groups excluding carboxylic acids is 1. The molecule has 0 saturated heterocycles. The molecule has 1 aliphatic carbocycles. The smallest absolute Gasteiger partial charge is 0.416 e. The zero-order chi connectivity index (χ0) is 16.2. The number of hydrogen-bond acceptors (Lipinski definition) is 2. The van der Waals surface area contributed by atoms with Gasteiger partial charge in [0.1, 0.15) is 0 Å². The second-order valence-electron chi connectivity index (χ2n) is 5.81. The molecule has 5 heteroatoms. The molecule has 1 atom stereocenters. The molecule has 1 aromatic carbocycles. The summed E-state index contributed by atoms with van der Waals surface area (Å²) in [6, 6.07) is 4.88. The summed E-state index contributed by atoms with van der Waals surface area (Å²) >= 11 is 0. The molecule has 1 saturated carbocycles. The van der Waals surface area contributed by atoms with Gasteiger partial charge in [0.15, 0.2) is 0 Å². The molecule has 0 aromatic heterocycles. The first kappa shape index (κ1) is 16.8. The minimum absolute atomic E-state index is 0.278. The molecule has 0 N–H and O–H groups in total. The third-order valence-corrected chi connectivity index (χ3v) is 4.26. The van der Waals surface area contributed by atoms with Crippen LogP contribution < -0.4 is 0 Å². The molecule has 1 fully saturated rings. The van der Waals surface area contributed by atoms with Crippen molar-refractivity contribution in [3.05, 3.63) is 35.4 Å². The minimum Gasteiger partial charge on any atom is -0.466 e. The molecule has 122 valence electrons. The zero-order valence-electron chi connectivity index (χ0n) is 12.7. The number of esters is 1. The molecule has 22 heavy (non-hydrogen) atoms. The van der Waals surface area contributed by atoms with E-state index in [2.05, 4.69) is 0 Å². The first-order valence-electron chi connectivity index (χ1n) is 7.75. The highest BCUT2D eigenvalue weighted by Gasteiger charge is 2.32. The number of ether oxygens (including phenoxy) is 1. The molecule has 1 unspecified atom stereocenters. The van der Waals surface area contributed by atoms with E-state index in [9.17, 15) is 18.0 Å². The number of hydrogen-bond donors (Lipinski definition) is 0. The van der Waals surface area contributed by atoms with Gasteiger partial charge < -0.3 is 4.74 Å². The maximum Gasteiger partial charge on any atom is 0.416 e.